The minimum atomic E-state index is 0.372. The van der Waals surface area contributed by atoms with Crippen LogP contribution in [0.2, 0.25) is 0 Å². The first-order valence-electron chi connectivity index (χ1n) is 24.0. The maximum Gasteiger partial charge on any atom is 0.0740 e. The van der Waals surface area contributed by atoms with Gasteiger partial charge in [-0.15, -0.1) is 0 Å². The molecular formula is C50H76N2O2. The lowest BCUT2D eigenvalue weighted by molar-refractivity contribution is -0.188. The molecule has 298 valence electrons. The Labute approximate surface area is 329 Å². The molecule has 0 aromatic heterocycles. The summed E-state index contributed by atoms with van der Waals surface area (Å²) in [6.45, 7) is 15.1. The van der Waals surface area contributed by atoms with E-state index in [2.05, 4.69) is 75.6 Å². The summed E-state index contributed by atoms with van der Waals surface area (Å²) >= 11 is 0. The van der Waals surface area contributed by atoms with E-state index in [1.807, 2.05) is 0 Å². The minimum absolute atomic E-state index is 0.372. The van der Waals surface area contributed by atoms with Crippen LogP contribution in [0.15, 0.2) is 24.3 Å². The van der Waals surface area contributed by atoms with E-state index < -0.39 is 0 Å². The number of benzene rings is 1. The molecule has 10 fully saturated rings. The van der Waals surface area contributed by atoms with Gasteiger partial charge in [0.15, 0.2) is 0 Å². The molecule has 4 aliphatic heterocycles. The normalized spacial score (nSPS) is 50.3. The quantitative estimate of drug-likeness (QED) is 0.302. The molecule has 0 amide bonds. The van der Waals surface area contributed by atoms with Crippen molar-refractivity contribution in [1.29, 1.82) is 0 Å². The van der Waals surface area contributed by atoms with Gasteiger partial charge in [0.1, 0.15) is 0 Å². The highest BCUT2D eigenvalue weighted by atomic mass is 16.5. The van der Waals surface area contributed by atoms with E-state index in [9.17, 15) is 0 Å². The van der Waals surface area contributed by atoms with Crippen molar-refractivity contribution in [3.63, 3.8) is 0 Å². The Hall–Kier alpha value is -0.940. The molecule has 4 heterocycles. The summed E-state index contributed by atoms with van der Waals surface area (Å²) in [4.78, 5) is 6.33. The van der Waals surface area contributed by atoms with Gasteiger partial charge in [0.05, 0.1) is 24.4 Å². The van der Waals surface area contributed by atoms with Crippen LogP contribution in [0.3, 0.4) is 0 Å². The molecule has 4 heteroatoms. The van der Waals surface area contributed by atoms with Gasteiger partial charge in [-0.05, 0) is 159 Å². The number of rotatable bonds is 2. The Morgan fingerprint density at radius 1 is 0.426 bits per heavy atom. The van der Waals surface area contributed by atoms with Crippen molar-refractivity contribution < 1.29 is 9.47 Å². The maximum absolute atomic E-state index is 7.16. The van der Waals surface area contributed by atoms with E-state index in [0.717, 1.165) is 59.4 Å². The second-order valence-electron chi connectivity index (χ2n) is 23.6. The van der Waals surface area contributed by atoms with Crippen molar-refractivity contribution >= 4 is 0 Å². The smallest absolute Gasteiger partial charge is 0.0740 e. The molecule has 18 atom stereocenters. The third-order valence-corrected chi connectivity index (χ3v) is 19.2. The Balaban J connectivity index is 0.818. The van der Waals surface area contributed by atoms with Crippen molar-refractivity contribution in [2.24, 2.45) is 46.3 Å². The van der Waals surface area contributed by atoms with Crippen LogP contribution in [0.5, 0.6) is 0 Å². The number of fused-ring (bicyclic) bond motifs is 10. The van der Waals surface area contributed by atoms with Gasteiger partial charge < -0.3 is 9.47 Å². The zero-order valence-corrected chi connectivity index (χ0v) is 35.1. The molecule has 4 saturated heterocycles. The molecule has 54 heavy (non-hydrogen) atoms. The molecule has 18 unspecified atom stereocenters. The first-order valence-corrected chi connectivity index (χ1v) is 24.0. The Morgan fingerprint density at radius 3 is 1.24 bits per heavy atom. The topological polar surface area (TPSA) is 24.9 Å². The van der Waals surface area contributed by atoms with Crippen molar-refractivity contribution in [3.05, 3.63) is 35.4 Å². The van der Waals surface area contributed by atoms with Gasteiger partial charge in [-0.2, -0.15) is 0 Å². The third kappa shape index (κ3) is 5.76. The van der Waals surface area contributed by atoms with Crippen LogP contribution in [-0.2, 0) is 9.47 Å². The fourth-order valence-electron chi connectivity index (χ4n) is 16.6. The molecule has 4 nitrogen and oxygen atoms in total. The number of morpholine rings is 2. The lowest BCUT2D eigenvalue weighted by Crippen LogP contribution is -2.64. The highest BCUT2D eigenvalue weighted by Crippen LogP contribution is 2.61. The SMILES string of the molecule is CC(C)(C)C1CC2OC3CCCCC3N3C4CCC(c5ccc(C6CCC7C(C6)C6CC(C(C)(C)C)CC8OC9CCCCC9N7C86)cc5)CC4C(C1)C23. The van der Waals surface area contributed by atoms with Gasteiger partial charge in [0.2, 0.25) is 0 Å². The van der Waals surface area contributed by atoms with E-state index in [0.29, 0.717) is 59.4 Å². The Kier molecular flexibility index (Phi) is 8.90. The number of hydrogen-bond donors (Lipinski definition) is 0. The number of nitrogens with zero attached hydrogens (tertiary/aromatic N) is 2. The predicted molar refractivity (Wildman–Crippen MR) is 219 cm³/mol. The summed E-state index contributed by atoms with van der Waals surface area (Å²) in [5.41, 5.74) is 4.06. The molecule has 0 spiro atoms. The van der Waals surface area contributed by atoms with Crippen LogP contribution < -0.4 is 0 Å². The largest absolute Gasteiger partial charge is 0.372 e. The van der Waals surface area contributed by atoms with Gasteiger partial charge in [-0.3, -0.25) is 9.80 Å². The first-order chi connectivity index (χ1) is 26.0. The number of ether oxygens (including phenoxy) is 2. The van der Waals surface area contributed by atoms with Crippen LogP contribution in [0.4, 0.5) is 0 Å². The van der Waals surface area contributed by atoms with Gasteiger partial charge in [0, 0.05) is 36.3 Å². The van der Waals surface area contributed by atoms with Crippen LogP contribution in [0.25, 0.3) is 0 Å². The van der Waals surface area contributed by atoms with Crippen molar-refractivity contribution in [2.75, 3.05) is 0 Å². The molecule has 6 saturated carbocycles. The van der Waals surface area contributed by atoms with Crippen LogP contribution in [0.1, 0.15) is 180 Å². The van der Waals surface area contributed by atoms with Crippen LogP contribution in [-0.4, -0.2) is 70.5 Å². The standard InChI is InChI=1S/C50H76N2O2/c1-49(2,3)33-25-37-35-23-31(19-21-39(35)51-41-11-7-9-13-43(41)53-45(27-33)47(37)51)29-15-17-30(18-16-29)32-20-22-40-36(24-32)38-26-34(50(4,5)6)28-46-48(38)52(40)42-12-8-10-14-44(42)54-46/h15-18,31-48H,7-14,19-28H2,1-6H3. The summed E-state index contributed by atoms with van der Waals surface area (Å²) in [6, 6.07) is 14.9. The lowest BCUT2D eigenvalue weighted by atomic mass is 9.61. The Bertz CT molecular complexity index is 1410. The van der Waals surface area contributed by atoms with Crippen molar-refractivity contribution in [3.8, 4) is 0 Å². The highest BCUT2D eigenvalue weighted by Gasteiger charge is 2.63. The van der Waals surface area contributed by atoms with Crippen LogP contribution in [0, 0.1) is 46.3 Å². The minimum Gasteiger partial charge on any atom is -0.372 e. The zero-order chi connectivity index (χ0) is 36.7. The molecule has 1 aromatic carbocycles. The van der Waals surface area contributed by atoms with Crippen molar-refractivity contribution in [2.45, 2.75) is 230 Å². The third-order valence-electron chi connectivity index (χ3n) is 19.2. The molecule has 6 aliphatic carbocycles. The molecule has 0 bridgehead atoms. The van der Waals surface area contributed by atoms with Crippen molar-refractivity contribution in [1.82, 2.24) is 9.80 Å². The van der Waals surface area contributed by atoms with E-state index in [4.69, 9.17) is 9.47 Å². The molecule has 11 rings (SSSR count). The van der Waals surface area contributed by atoms with E-state index in [-0.39, 0.29) is 0 Å². The molecule has 1 aromatic rings. The monoisotopic (exact) mass is 737 g/mol. The molecule has 10 aliphatic rings. The fourth-order valence-corrected chi connectivity index (χ4v) is 16.6. The van der Waals surface area contributed by atoms with Crippen LogP contribution >= 0.6 is 0 Å². The van der Waals surface area contributed by atoms with E-state index in [1.165, 1.54) is 116 Å². The average molecular weight is 737 g/mol. The first kappa shape index (κ1) is 36.2. The summed E-state index contributed by atoms with van der Waals surface area (Å²) in [6.07, 6.45) is 26.8. The van der Waals surface area contributed by atoms with E-state index in [1.54, 1.807) is 11.1 Å². The fraction of sp³-hybridized carbons (Fsp3) is 0.880. The highest BCUT2D eigenvalue weighted by molar-refractivity contribution is 5.30. The Morgan fingerprint density at radius 2 is 0.833 bits per heavy atom. The summed E-state index contributed by atoms with van der Waals surface area (Å²) in [5.74, 6) is 6.40. The number of hydrogen-bond acceptors (Lipinski definition) is 4. The predicted octanol–water partition coefficient (Wildman–Crippen LogP) is 11.1. The van der Waals surface area contributed by atoms with Gasteiger partial charge in [-0.25, -0.2) is 0 Å². The summed E-state index contributed by atoms with van der Waals surface area (Å²) in [7, 11) is 0. The summed E-state index contributed by atoms with van der Waals surface area (Å²) in [5, 5.41) is 0. The second kappa shape index (κ2) is 13.3. The summed E-state index contributed by atoms with van der Waals surface area (Å²) < 4.78 is 14.3. The molecule has 0 radical (unpaired) electrons. The molecule has 0 N–H and O–H groups in total. The maximum atomic E-state index is 7.16. The average Bonchev–Trinajstić information content (AvgIpc) is 3.68. The second-order valence-corrected chi connectivity index (χ2v) is 23.6. The zero-order valence-electron chi connectivity index (χ0n) is 35.1. The van der Waals surface area contributed by atoms with Gasteiger partial charge >= 0.3 is 0 Å². The van der Waals surface area contributed by atoms with Gasteiger partial charge in [0.25, 0.3) is 0 Å². The van der Waals surface area contributed by atoms with Gasteiger partial charge in [-0.1, -0.05) is 91.5 Å². The molecular weight excluding hydrogens is 661 g/mol. The lowest BCUT2D eigenvalue weighted by Gasteiger charge is -2.55. The van der Waals surface area contributed by atoms with E-state index >= 15 is 0 Å².